The van der Waals surface area contributed by atoms with Crippen LogP contribution >= 0.6 is 11.3 Å². The molecule has 0 bridgehead atoms. The Morgan fingerprint density at radius 3 is 2.50 bits per heavy atom. The van der Waals surface area contributed by atoms with E-state index in [1.165, 1.54) is 23.5 Å². The lowest BCUT2D eigenvalue weighted by Crippen LogP contribution is -2.46. The Hall–Kier alpha value is -0.450. The van der Waals surface area contributed by atoms with Crippen LogP contribution in [0, 0.1) is 0 Å². The summed E-state index contributed by atoms with van der Waals surface area (Å²) in [5, 5.41) is 7.19. The number of hydrogen-bond donors (Lipinski definition) is 1. The van der Waals surface area contributed by atoms with Crippen LogP contribution in [0.4, 0.5) is 0 Å². The van der Waals surface area contributed by atoms with Gasteiger partial charge in [0.1, 0.15) is 5.01 Å². The Morgan fingerprint density at radius 2 is 2.05 bits per heavy atom. The molecule has 0 aliphatic heterocycles. The van der Waals surface area contributed by atoms with Gasteiger partial charge in [0.2, 0.25) is 0 Å². The average molecular weight is 296 g/mol. The maximum Gasteiger partial charge on any atom is 0.113 e. The van der Waals surface area contributed by atoms with E-state index in [1.807, 2.05) is 0 Å². The molecule has 0 saturated heterocycles. The van der Waals surface area contributed by atoms with E-state index in [0.717, 1.165) is 6.42 Å². The highest BCUT2D eigenvalue weighted by molar-refractivity contribution is 7.09. The van der Waals surface area contributed by atoms with Crippen LogP contribution in [-0.4, -0.2) is 23.7 Å². The fourth-order valence-electron chi connectivity index (χ4n) is 2.59. The molecule has 3 nitrogen and oxygen atoms in total. The second-order valence-corrected chi connectivity index (χ2v) is 7.98. The minimum Gasteiger partial charge on any atom is -0.379 e. The van der Waals surface area contributed by atoms with Crippen molar-refractivity contribution < 1.29 is 4.74 Å². The van der Waals surface area contributed by atoms with Crippen molar-refractivity contribution in [1.29, 1.82) is 0 Å². The Bertz CT molecular complexity index is 451. The van der Waals surface area contributed by atoms with Crippen LogP contribution in [0.2, 0.25) is 0 Å². The molecule has 114 valence electrons. The van der Waals surface area contributed by atoms with Gasteiger partial charge in [0.15, 0.2) is 0 Å². The van der Waals surface area contributed by atoms with Crippen molar-refractivity contribution in [3.05, 3.63) is 16.1 Å². The van der Waals surface area contributed by atoms with E-state index in [0.29, 0.717) is 12.0 Å². The van der Waals surface area contributed by atoms with E-state index in [-0.39, 0.29) is 11.1 Å². The van der Waals surface area contributed by atoms with E-state index < -0.39 is 0 Å². The lowest BCUT2D eigenvalue weighted by Gasteiger charge is -2.36. The van der Waals surface area contributed by atoms with Crippen LogP contribution in [0.1, 0.15) is 70.5 Å². The van der Waals surface area contributed by atoms with Crippen LogP contribution in [0.25, 0.3) is 0 Å². The Morgan fingerprint density at radius 1 is 1.40 bits per heavy atom. The predicted molar refractivity (Wildman–Crippen MR) is 85.4 cm³/mol. The topological polar surface area (TPSA) is 34.1 Å². The summed E-state index contributed by atoms with van der Waals surface area (Å²) >= 11 is 1.78. The van der Waals surface area contributed by atoms with Gasteiger partial charge >= 0.3 is 0 Å². The third kappa shape index (κ3) is 3.80. The van der Waals surface area contributed by atoms with Gasteiger partial charge in [-0.15, -0.1) is 11.3 Å². The van der Waals surface area contributed by atoms with Crippen LogP contribution < -0.4 is 5.32 Å². The number of ether oxygens (including phenoxy) is 1. The minimum atomic E-state index is -0.152. The second-order valence-electron chi connectivity index (χ2n) is 7.12. The van der Waals surface area contributed by atoms with Gasteiger partial charge in [-0.05, 0) is 39.5 Å². The molecule has 1 saturated carbocycles. The highest BCUT2D eigenvalue weighted by atomic mass is 32.1. The summed E-state index contributed by atoms with van der Waals surface area (Å²) in [6.45, 7) is 11.0. The van der Waals surface area contributed by atoms with Crippen molar-refractivity contribution in [1.82, 2.24) is 10.3 Å². The van der Waals surface area contributed by atoms with Gasteiger partial charge in [0, 0.05) is 25.0 Å². The van der Waals surface area contributed by atoms with E-state index in [9.17, 15) is 0 Å². The van der Waals surface area contributed by atoms with Crippen LogP contribution in [0.3, 0.4) is 0 Å². The van der Waals surface area contributed by atoms with Gasteiger partial charge in [-0.2, -0.15) is 0 Å². The van der Waals surface area contributed by atoms with Gasteiger partial charge in [-0.1, -0.05) is 13.8 Å². The first-order valence-corrected chi connectivity index (χ1v) is 8.42. The molecule has 4 heteroatoms. The van der Waals surface area contributed by atoms with Crippen molar-refractivity contribution >= 4 is 11.3 Å². The number of nitrogens with one attached hydrogen (secondary N) is 1. The Labute approximate surface area is 127 Å². The van der Waals surface area contributed by atoms with Crippen molar-refractivity contribution in [3.8, 4) is 0 Å². The molecule has 1 aliphatic rings. The fraction of sp³-hybridized carbons (Fsp3) is 0.812. The van der Waals surface area contributed by atoms with Gasteiger partial charge in [-0.25, -0.2) is 4.98 Å². The van der Waals surface area contributed by atoms with E-state index >= 15 is 0 Å². The second kappa shape index (κ2) is 5.74. The molecule has 1 aromatic heterocycles. The Kier molecular flexibility index (Phi) is 4.57. The molecule has 0 aromatic carbocycles. The first kappa shape index (κ1) is 15.9. The number of nitrogens with zero attached hydrogens (tertiary/aromatic N) is 1. The molecule has 0 radical (unpaired) electrons. The molecular formula is C16H28N2OS. The molecule has 1 fully saturated rings. The largest absolute Gasteiger partial charge is 0.379 e. The summed E-state index contributed by atoms with van der Waals surface area (Å²) in [4.78, 5) is 4.88. The molecule has 20 heavy (non-hydrogen) atoms. The molecule has 1 aromatic rings. The highest BCUT2D eigenvalue weighted by Gasteiger charge is 2.40. The monoisotopic (exact) mass is 296 g/mol. The maximum atomic E-state index is 5.65. The van der Waals surface area contributed by atoms with Crippen LogP contribution in [0.5, 0.6) is 0 Å². The molecule has 1 aliphatic carbocycles. The van der Waals surface area contributed by atoms with Crippen molar-refractivity contribution in [2.24, 2.45) is 0 Å². The lowest BCUT2D eigenvalue weighted by atomic mass is 9.87. The van der Waals surface area contributed by atoms with Gasteiger partial charge < -0.3 is 10.1 Å². The standard InChI is InChI=1S/C16H28N2OS/c1-11(2)13-9-20-14(17-13)16(5,18-12-7-8-12)10-15(3,4)19-6/h9,11-12,18H,7-8,10H2,1-6H3. The summed E-state index contributed by atoms with van der Waals surface area (Å²) in [6.07, 6.45) is 3.49. The summed E-state index contributed by atoms with van der Waals surface area (Å²) in [5.74, 6) is 0.487. The van der Waals surface area contributed by atoms with Gasteiger partial charge in [0.25, 0.3) is 0 Å². The molecule has 0 spiro atoms. The SMILES string of the molecule is COC(C)(C)CC(C)(NC1CC1)c1nc(C(C)C)cs1. The summed E-state index contributed by atoms with van der Waals surface area (Å²) in [7, 11) is 1.79. The molecule has 2 rings (SSSR count). The molecule has 0 amide bonds. The smallest absolute Gasteiger partial charge is 0.113 e. The van der Waals surface area contributed by atoms with Crippen molar-refractivity contribution in [2.45, 2.75) is 77.0 Å². The lowest BCUT2D eigenvalue weighted by molar-refractivity contribution is -0.00764. The zero-order chi connectivity index (χ0) is 15.0. The average Bonchev–Trinajstić information content (AvgIpc) is 2.99. The van der Waals surface area contributed by atoms with E-state index in [4.69, 9.17) is 9.72 Å². The Balaban J connectivity index is 2.24. The van der Waals surface area contributed by atoms with E-state index in [1.54, 1.807) is 18.4 Å². The predicted octanol–water partition coefficient (Wildman–Crippen LogP) is 4.05. The van der Waals surface area contributed by atoms with E-state index in [2.05, 4.69) is 45.3 Å². The quantitative estimate of drug-likeness (QED) is 0.824. The fourth-order valence-corrected chi connectivity index (χ4v) is 3.70. The number of aromatic nitrogens is 1. The molecule has 1 heterocycles. The van der Waals surface area contributed by atoms with Crippen LogP contribution in [-0.2, 0) is 10.3 Å². The molecule has 1 N–H and O–H groups in total. The zero-order valence-corrected chi connectivity index (χ0v) is 14.4. The summed E-state index contributed by atoms with van der Waals surface area (Å²) in [6, 6.07) is 0.652. The summed E-state index contributed by atoms with van der Waals surface area (Å²) < 4.78 is 5.65. The number of hydrogen-bond acceptors (Lipinski definition) is 4. The molecule has 1 unspecified atom stereocenters. The minimum absolute atomic E-state index is 0.0987. The first-order chi connectivity index (χ1) is 9.26. The first-order valence-electron chi connectivity index (χ1n) is 7.54. The zero-order valence-electron chi connectivity index (χ0n) is 13.6. The maximum absolute atomic E-state index is 5.65. The van der Waals surface area contributed by atoms with Crippen LogP contribution in [0.15, 0.2) is 5.38 Å². The van der Waals surface area contributed by atoms with Gasteiger partial charge in [0.05, 0.1) is 16.8 Å². The van der Waals surface area contributed by atoms with Gasteiger partial charge in [-0.3, -0.25) is 0 Å². The third-order valence-corrected chi connectivity index (χ3v) is 5.14. The number of methoxy groups -OCH3 is 1. The normalized spacial score (nSPS) is 19.4. The molecule has 1 atom stereocenters. The van der Waals surface area contributed by atoms with Crippen molar-refractivity contribution in [3.63, 3.8) is 0 Å². The number of thiazole rings is 1. The third-order valence-electron chi connectivity index (χ3n) is 4.02. The molecular weight excluding hydrogens is 268 g/mol. The van der Waals surface area contributed by atoms with Crippen molar-refractivity contribution in [2.75, 3.05) is 7.11 Å². The highest BCUT2D eigenvalue weighted by Crippen LogP contribution is 2.37. The summed E-state index contributed by atoms with van der Waals surface area (Å²) in [5.41, 5.74) is 0.947. The number of rotatable bonds is 7.